The van der Waals surface area contributed by atoms with Crippen molar-refractivity contribution in [3.8, 4) is 5.75 Å². The van der Waals surface area contributed by atoms with E-state index >= 15 is 0 Å². The lowest BCUT2D eigenvalue weighted by Gasteiger charge is -2.18. The zero-order valence-electron chi connectivity index (χ0n) is 9.59. The van der Waals surface area contributed by atoms with Gasteiger partial charge in [0.2, 0.25) is 0 Å². The molecule has 1 rings (SSSR count). The van der Waals surface area contributed by atoms with E-state index in [1.807, 2.05) is 0 Å². The molecule has 0 aliphatic heterocycles. The molecule has 0 radical (unpaired) electrons. The van der Waals surface area contributed by atoms with Crippen molar-refractivity contribution in [3.63, 3.8) is 0 Å². The molecule has 20 heavy (non-hydrogen) atoms. The molecule has 0 heterocycles. The molecule has 0 fully saturated rings. The minimum atomic E-state index is -5.09. The van der Waals surface area contributed by atoms with Crippen molar-refractivity contribution in [1.29, 1.82) is 0 Å². The van der Waals surface area contributed by atoms with E-state index in [1.165, 1.54) is 0 Å². The summed E-state index contributed by atoms with van der Waals surface area (Å²) in [5.74, 6) is -0.981. The molecule has 0 unspecified atom stereocenters. The van der Waals surface area contributed by atoms with Crippen LogP contribution in [0.2, 0.25) is 0 Å². The van der Waals surface area contributed by atoms with Crippen LogP contribution < -0.4 is 4.65 Å². The van der Waals surface area contributed by atoms with E-state index in [4.69, 9.17) is 10.0 Å². The van der Waals surface area contributed by atoms with Crippen molar-refractivity contribution >= 4 is 13.4 Å². The summed E-state index contributed by atoms with van der Waals surface area (Å²) in [6.07, 6.45) is -9.77. The lowest BCUT2D eigenvalue weighted by Crippen LogP contribution is -2.22. The van der Waals surface area contributed by atoms with Gasteiger partial charge in [-0.2, -0.15) is 26.3 Å². The van der Waals surface area contributed by atoms with Gasteiger partial charge >= 0.3 is 19.7 Å². The zero-order chi connectivity index (χ0) is 15.7. The highest BCUT2D eigenvalue weighted by atomic mass is 19.4. The molecule has 0 aromatic heterocycles. The maximum Gasteiger partial charge on any atom is 0.707 e. The molecule has 0 atom stereocenters. The van der Waals surface area contributed by atoms with Gasteiger partial charge in [0.05, 0.1) is 11.1 Å². The van der Waals surface area contributed by atoms with Crippen LogP contribution in [0, 0.1) is 0 Å². The third-order valence-electron chi connectivity index (χ3n) is 2.21. The van der Waals surface area contributed by atoms with E-state index in [9.17, 15) is 26.3 Å². The molecule has 1 aromatic rings. The summed E-state index contributed by atoms with van der Waals surface area (Å²) in [5, 5.41) is 16.9. The van der Waals surface area contributed by atoms with Crippen LogP contribution in [-0.4, -0.2) is 17.4 Å². The fraction of sp³-hybridized carbons (Fsp3) is 0.200. The fourth-order valence-corrected chi connectivity index (χ4v) is 1.51. The second-order valence-corrected chi connectivity index (χ2v) is 3.58. The van der Waals surface area contributed by atoms with E-state index in [2.05, 4.69) is 11.2 Å². The van der Waals surface area contributed by atoms with Gasteiger partial charge in [-0.15, -0.1) is 0 Å². The van der Waals surface area contributed by atoms with Crippen molar-refractivity contribution in [2.24, 2.45) is 0 Å². The van der Waals surface area contributed by atoms with Gasteiger partial charge in [-0.3, -0.25) is 0 Å². The molecule has 0 aliphatic carbocycles. The molecule has 0 amide bonds. The molecular weight excluding hydrogens is 293 g/mol. The molecule has 0 spiro atoms. The average molecular weight is 300 g/mol. The van der Waals surface area contributed by atoms with E-state index in [1.54, 1.807) is 0 Å². The Morgan fingerprint density at radius 3 is 1.65 bits per heavy atom. The smallest absolute Gasteiger partial charge is 0.512 e. The van der Waals surface area contributed by atoms with E-state index in [-0.39, 0.29) is 12.1 Å². The molecule has 2 N–H and O–H groups in total. The van der Waals surface area contributed by atoms with Crippen LogP contribution in [0.4, 0.5) is 26.3 Å². The summed E-state index contributed by atoms with van der Waals surface area (Å²) >= 11 is 0. The summed E-state index contributed by atoms with van der Waals surface area (Å²) in [4.78, 5) is 0. The Labute approximate surface area is 109 Å². The lowest BCUT2D eigenvalue weighted by atomic mass is 9.99. The standard InChI is InChI=1S/C10H7BF6O3/c1-2-6-7(9(12,13)14)3-5(20-11(18)19)4-8(6)10(15,16)17/h2-4,18-19H,1H2. The molecule has 0 bridgehead atoms. The van der Waals surface area contributed by atoms with Gasteiger partial charge in [0.25, 0.3) is 0 Å². The highest BCUT2D eigenvalue weighted by Crippen LogP contribution is 2.42. The van der Waals surface area contributed by atoms with Crippen LogP contribution in [0.1, 0.15) is 16.7 Å². The number of benzene rings is 1. The Hall–Kier alpha value is -1.68. The topological polar surface area (TPSA) is 49.7 Å². The second-order valence-electron chi connectivity index (χ2n) is 3.58. The number of alkyl halides is 6. The van der Waals surface area contributed by atoms with Gasteiger partial charge in [-0.05, 0) is 17.7 Å². The molecule has 0 aliphatic rings. The normalized spacial score (nSPS) is 12.2. The van der Waals surface area contributed by atoms with Crippen molar-refractivity contribution in [3.05, 3.63) is 35.4 Å². The average Bonchev–Trinajstić information content (AvgIpc) is 2.24. The highest BCUT2D eigenvalue weighted by molar-refractivity contribution is 6.33. The quantitative estimate of drug-likeness (QED) is 0.666. The number of halogens is 6. The van der Waals surface area contributed by atoms with Gasteiger partial charge in [0.1, 0.15) is 5.75 Å². The zero-order valence-corrected chi connectivity index (χ0v) is 9.59. The molecule has 0 saturated heterocycles. The first-order valence-electron chi connectivity index (χ1n) is 4.94. The molecular formula is C10H7BF6O3. The van der Waals surface area contributed by atoms with Gasteiger partial charge in [-0.1, -0.05) is 12.7 Å². The summed E-state index contributed by atoms with van der Waals surface area (Å²) in [6.45, 7) is 2.93. The van der Waals surface area contributed by atoms with E-state index < -0.39 is 42.1 Å². The van der Waals surface area contributed by atoms with Gasteiger partial charge < -0.3 is 14.7 Å². The Balaban J connectivity index is 3.61. The number of rotatable bonds is 3. The summed E-state index contributed by atoms with van der Waals surface area (Å²) < 4.78 is 80.4. The van der Waals surface area contributed by atoms with Gasteiger partial charge in [0, 0.05) is 0 Å². The SMILES string of the molecule is C=Cc1c(C(F)(F)F)cc(OB(O)O)cc1C(F)(F)F. The molecule has 0 saturated carbocycles. The summed E-state index contributed by atoms with van der Waals surface area (Å²) in [7, 11) is -2.55. The minimum absolute atomic E-state index is 0.228. The molecule has 110 valence electrons. The van der Waals surface area contributed by atoms with Crippen LogP contribution in [0.5, 0.6) is 5.75 Å². The predicted octanol–water partition coefficient (Wildman–Crippen LogP) is 2.72. The third-order valence-corrected chi connectivity index (χ3v) is 2.21. The third kappa shape index (κ3) is 3.67. The first-order chi connectivity index (χ1) is 8.96. The first-order valence-corrected chi connectivity index (χ1v) is 4.94. The fourth-order valence-electron chi connectivity index (χ4n) is 1.51. The molecule has 10 heteroatoms. The highest BCUT2D eigenvalue weighted by Gasteiger charge is 2.41. The Kier molecular flexibility index (Phi) is 4.40. The van der Waals surface area contributed by atoms with Crippen molar-refractivity contribution < 1.29 is 41.0 Å². The predicted molar refractivity (Wildman–Crippen MR) is 57.4 cm³/mol. The summed E-state index contributed by atoms with van der Waals surface area (Å²) in [6, 6.07) is 0.456. The van der Waals surface area contributed by atoms with E-state index in [0.717, 1.165) is 0 Å². The van der Waals surface area contributed by atoms with Crippen LogP contribution in [-0.2, 0) is 12.4 Å². The first kappa shape index (κ1) is 16.4. The lowest BCUT2D eigenvalue weighted by molar-refractivity contribution is -0.143. The Bertz CT molecular complexity index is 474. The maximum atomic E-state index is 12.7. The van der Waals surface area contributed by atoms with Gasteiger partial charge in [0.15, 0.2) is 0 Å². The molecule has 1 aromatic carbocycles. The van der Waals surface area contributed by atoms with Crippen LogP contribution in [0.25, 0.3) is 6.08 Å². The van der Waals surface area contributed by atoms with Crippen LogP contribution in [0.3, 0.4) is 0 Å². The van der Waals surface area contributed by atoms with Crippen LogP contribution >= 0.6 is 0 Å². The molecule has 3 nitrogen and oxygen atoms in total. The number of hydrogen-bond acceptors (Lipinski definition) is 3. The Morgan fingerprint density at radius 2 is 1.40 bits per heavy atom. The largest absolute Gasteiger partial charge is 0.707 e. The number of hydrogen-bond donors (Lipinski definition) is 2. The maximum absolute atomic E-state index is 12.7. The monoisotopic (exact) mass is 300 g/mol. The second kappa shape index (κ2) is 5.37. The Morgan fingerprint density at radius 1 is 1.00 bits per heavy atom. The van der Waals surface area contributed by atoms with Gasteiger partial charge in [-0.25, -0.2) is 0 Å². The van der Waals surface area contributed by atoms with Crippen molar-refractivity contribution in [2.75, 3.05) is 0 Å². The van der Waals surface area contributed by atoms with E-state index in [0.29, 0.717) is 6.08 Å². The van der Waals surface area contributed by atoms with Crippen molar-refractivity contribution in [1.82, 2.24) is 0 Å². The minimum Gasteiger partial charge on any atom is -0.512 e. The summed E-state index contributed by atoms with van der Waals surface area (Å²) in [5.41, 5.74) is -4.44. The van der Waals surface area contributed by atoms with Crippen molar-refractivity contribution in [2.45, 2.75) is 12.4 Å². The van der Waals surface area contributed by atoms with Crippen LogP contribution in [0.15, 0.2) is 18.7 Å².